The molecule has 6 nitrogen and oxygen atoms in total. The van der Waals surface area contributed by atoms with Gasteiger partial charge in [-0.05, 0) is 90.6 Å². The molecule has 0 saturated heterocycles. The van der Waals surface area contributed by atoms with Gasteiger partial charge in [0.05, 0.1) is 5.69 Å². The number of carbonyl (C=O) groups is 1. The number of aromatic amines is 1. The SMILES string of the molecule is Cc1ccc(NN)cc1.Cc1ccc(NN=C2Cc3ccccc3C2)cc1.Cc1ccc2[nH]c3c(c2c1)-c1ccccc1C3.O=C1Cc2ccccc2C1.[H+]. The molecule has 0 amide bonds. The van der Waals surface area contributed by atoms with E-state index in [-0.39, 0.29) is 1.43 Å². The molecule has 0 aliphatic heterocycles. The molecule has 3 aliphatic carbocycles. The number of ketones is 1. The number of Topliss-reactive ketones (excluding diaryl/α,β-unsaturated/α-hetero) is 1. The Labute approximate surface area is 319 Å². The number of rotatable bonds is 3. The molecule has 7 aromatic rings. The van der Waals surface area contributed by atoms with E-state index in [4.69, 9.17) is 5.84 Å². The van der Waals surface area contributed by atoms with E-state index in [1.165, 1.54) is 77.9 Å². The van der Waals surface area contributed by atoms with Crippen LogP contribution in [-0.2, 0) is 36.9 Å². The van der Waals surface area contributed by atoms with Crippen molar-refractivity contribution in [3.8, 4) is 11.1 Å². The zero-order valence-corrected chi connectivity index (χ0v) is 31.2. The number of nitrogens with two attached hydrogens (primary N) is 1. The molecule has 54 heavy (non-hydrogen) atoms. The smallest absolute Gasteiger partial charge is 0.358 e. The van der Waals surface area contributed by atoms with Crippen LogP contribution in [-0.4, -0.2) is 16.5 Å². The highest BCUT2D eigenvalue weighted by Gasteiger charge is 2.22. The normalized spacial score (nSPS) is 12.8. The van der Waals surface area contributed by atoms with Gasteiger partial charge < -0.3 is 10.4 Å². The van der Waals surface area contributed by atoms with Crippen LogP contribution in [0.25, 0.3) is 22.0 Å². The minimum atomic E-state index is 0. The van der Waals surface area contributed by atoms with E-state index in [1.54, 1.807) is 0 Å². The zero-order chi connectivity index (χ0) is 37.4. The van der Waals surface area contributed by atoms with Crippen molar-refractivity contribution in [1.29, 1.82) is 0 Å². The van der Waals surface area contributed by atoms with Crippen molar-refractivity contribution in [3.63, 3.8) is 0 Å². The Kier molecular flexibility index (Phi) is 11.1. The molecular weight excluding hydrogens is 663 g/mol. The molecule has 0 unspecified atom stereocenters. The molecule has 6 heteroatoms. The van der Waals surface area contributed by atoms with Crippen LogP contribution in [0.2, 0.25) is 0 Å². The molecule has 10 rings (SSSR count). The predicted molar refractivity (Wildman–Crippen MR) is 226 cm³/mol. The number of nitrogens with one attached hydrogen (secondary N) is 3. The van der Waals surface area contributed by atoms with Crippen molar-refractivity contribution in [2.75, 3.05) is 10.9 Å². The number of hydrazine groups is 1. The number of anilines is 2. The van der Waals surface area contributed by atoms with Crippen LogP contribution in [0.1, 0.15) is 51.6 Å². The van der Waals surface area contributed by atoms with Crippen molar-refractivity contribution in [2.45, 2.75) is 52.9 Å². The van der Waals surface area contributed by atoms with Crippen LogP contribution in [0.4, 0.5) is 11.4 Å². The molecule has 5 N–H and O–H groups in total. The van der Waals surface area contributed by atoms with Crippen LogP contribution in [0, 0.1) is 20.8 Å². The second kappa shape index (κ2) is 16.6. The average Bonchev–Trinajstić information content (AvgIpc) is 3.96. The third kappa shape index (κ3) is 8.68. The van der Waals surface area contributed by atoms with Crippen LogP contribution in [0.5, 0.6) is 0 Å². The summed E-state index contributed by atoms with van der Waals surface area (Å²) in [6, 6.07) is 48.1. The first kappa shape index (κ1) is 36.1. The van der Waals surface area contributed by atoms with Gasteiger partial charge in [-0.15, -0.1) is 0 Å². The Hall–Kier alpha value is -6.24. The van der Waals surface area contributed by atoms with E-state index in [0.717, 1.165) is 30.6 Å². The van der Waals surface area contributed by atoms with Crippen molar-refractivity contribution in [2.24, 2.45) is 10.9 Å². The fraction of sp³-hybridized carbons (Fsp3) is 0.167. The number of benzene rings is 6. The van der Waals surface area contributed by atoms with Gasteiger partial charge in [0.1, 0.15) is 5.78 Å². The number of hydrogen-bond acceptors (Lipinski definition) is 5. The number of aryl methyl sites for hydroxylation is 3. The molecule has 270 valence electrons. The van der Waals surface area contributed by atoms with Crippen molar-refractivity contribution < 1.29 is 6.22 Å². The second-order valence-electron chi connectivity index (χ2n) is 14.3. The number of carbonyl (C=O) groups excluding carboxylic acids is 1. The monoisotopic (exact) mass is 710 g/mol. The average molecular weight is 711 g/mol. The van der Waals surface area contributed by atoms with Gasteiger partial charge in [0.2, 0.25) is 0 Å². The maximum absolute atomic E-state index is 10.9. The van der Waals surface area contributed by atoms with Gasteiger partial charge in [0.15, 0.2) is 0 Å². The molecule has 0 radical (unpaired) electrons. The summed E-state index contributed by atoms with van der Waals surface area (Å²) < 4.78 is 0. The Morgan fingerprint density at radius 2 is 1.07 bits per heavy atom. The van der Waals surface area contributed by atoms with Crippen molar-refractivity contribution in [3.05, 3.63) is 190 Å². The summed E-state index contributed by atoms with van der Waals surface area (Å²) >= 11 is 0. The molecule has 0 atom stereocenters. The number of nitrogens with zero attached hydrogens (tertiary/aromatic N) is 1. The summed E-state index contributed by atoms with van der Waals surface area (Å²) in [5.74, 6) is 5.50. The topological polar surface area (TPSA) is 95.3 Å². The molecule has 1 heterocycles. The fourth-order valence-electron chi connectivity index (χ4n) is 7.21. The molecule has 0 spiro atoms. The molecule has 6 aromatic carbocycles. The van der Waals surface area contributed by atoms with E-state index in [1.807, 2.05) is 55.5 Å². The highest BCUT2D eigenvalue weighted by molar-refractivity contribution is 6.00. The summed E-state index contributed by atoms with van der Waals surface area (Å²) in [5, 5.41) is 5.87. The van der Waals surface area contributed by atoms with Crippen LogP contribution in [0.3, 0.4) is 0 Å². The fourth-order valence-corrected chi connectivity index (χ4v) is 7.21. The number of aromatic nitrogens is 1. The van der Waals surface area contributed by atoms with Gasteiger partial charge in [-0.1, -0.05) is 120 Å². The van der Waals surface area contributed by atoms with Crippen LogP contribution >= 0.6 is 0 Å². The first-order valence-electron chi connectivity index (χ1n) is 18.6. The minimum absolute atomic E-state index is 0. The third-order valence-electron chi connectivity index (χ3n) is 10.1. The molecular formula is C48H48N5O+. The second-order valence-corrected chi connectivity index (χ2v) is 14.3. The molecule has 1 aromatic heterocycles. The number of nitrogen functional groups attached to an aromatic ring is 1. The number of fused-ring (bicyclic) bond motifs is 7. The summed E-state index contributed by atoms with van der Waals surface area (Å²) in [6.07, 6.45) is 4.27. The lowest BCUT2D eigenvalue weighted by Gasteiger charge is -2.02. The van der Waals surface area contributed by atoms with E-state index >= 15 is 0 Å². The van der Waals surface area contributed by atoms with E-state index in [0.29, 0.717) is 18.6 Å². The molecule has 0 saturated carbocycles. The zero-order valence-electron chi connectivity index (χ0n) is 32.2. The lowest BCUT2D eigenvalue weighted by Crippen LogP contribution is -2.05. The first-order valence-corrected chi connectivity index (χ1v) is 18.6. The largest absolute Gasteiger partial charge is 1.00 e. The summed E-state index contributed by atoms with van der Waals surface area (Å²) in [6.45, 7) is 6.28. The summed E-state index contributed by atoms with van der Waals surface area (Å²) in [5.41, 5.74) is 24.8. The van der Waals surface area contributed by atoms with Gasteiger partial charge in [-0.25, -0.2) is 0 Å². The van der Waals surface area contributed by atoms with E-state index in [9.17, 15) is 4.79 Å². The van der Waals surface area contributed by atoms with Crippen LogP contribution < -0.4 is 16.7 Å². The van der Waals surface area contributed by atoms with Gasteiger partial charge >= 0.3 is 1.43 Å². The first-order chi connectivity index (χ1) is 26.3. The van der Waals surface area contributed by atoms with Gasteiger partial charge in [-0.2, -0.15) is 5.10 Å². The standard InChI is InChI=1S/C16H16N2.C16H13N.C9H8O.C7H10N2/c1-12-6-8-15(9-7-12)17-18-16-10-13-4-2-3-5-14(13)11-16;1-10-6-7-14-13(8-10)16-12-5-3-2-4-11(12)9-15(16)17-14;10-9-5-7-3-1-2-4-8(7)6-9;1-6-2-4-7(9-8)5-3-6/h2-9,17H,10-11H2,1H3;2-8,17H,9H2,1H3;1-4H,5-6H2;2-5,9H,8H2,1H3/p+1. The maximum Gasteiger partial charge on any atom is 1.00 e. The van der Waals surface area contributed by atoms with Crippen LogP contribution in [0.15, 0.2) is 145 Å². The number of H-pyrrole nitrogens is 1. The van der Waals surface area contributed by atoms with E-state index < -0.39 is 0 Å². The highest BCUT2D eigenvalue weighted by atomic mass is 16.1. The Balaban J connectivity index is 0.000000129. The van der Waals surface area contributed by atoms with Gasteiger partial charge in [0.25, 0.3) is 0 Å². The summed E-state index contributed by atoms with van der Waals surface area (Å²) in [4.78, 5) is 14.5. The number of hydrogen-bond donors (Lipinski definition) is 4. The Bertz CT molecular complexity index is 2380. The number of hydrazone groups is 1. The summed E-state index contributed by atoms with van der Waals surface area (Å²) in [7, 11) is 0. The Morgan fingerprint density at radius 1 is 0.574 bits per heavy atom. The van der Waals surface area contributed by atoms with E-state index in [2.05, 4.69) is 126 Å². The quantitative estimate of drug-likeness (QED) is 0.108. The highest BCUT2D eigenvalue weighted by Crippen LogP contribution is 2.41. The van der Waals surface area contributed by atoms with Gasteiger partial charge in [-0.3, -0.25) is 16.1 Å². The maximum atomic E-state index is 10.9. The van der Waals surface area contributed by atoms with Crippen molar-refractivity contribution in [1.82, 2.24) is 4.98 Å². The molecule has 3 aliphatic rings. The molecule has 0 bridgehead atoms. The lowest BCUT2D eigenvalue weighted by molar-refractivity contribution is -0.117. The predicted octanol–water partition coefficient (Wildman–Crippen LogP) is 10.4. The Morgan fingerprint density at radius 3 is 1.65 bits per heavy atom. The van der Waals surface area contributed by atoms with Gasteiger partial charge in [0, 0.05) is 65.7 Å². The lowest BCUT2D eigenvalue weighted by atomic mass is 10.0. The van der Waals surface area contributed by atoms with Crippen molar-refractivity contribution >= 4 is 33.8 Å². The molecule has 0 fully saturated rings. The third-order valence-corrected chi connectivity index (χ3v) is 10.1. The minimum Gasteiger partial charge on any atom is -0.358 e.